The third-order valence-electron chi connectivity index (χ3n) is 2.37. The van der Waals surface area contributed by atoms with E-state index in [0.29, 0.717) is 18.5 Å². The molecule has 0 unspecified atom stereocenters. The molecule has 1 amide bonds. The van der Waals surface area contributed by atoms with Gasteiger partial charge in [-0.3, -0.25) is 9.59 Å². The lowest BCUT2D eigenvalue weighted by molar-refractivity contribution is -0.122. The molecule has 1 rings (SSSR count). The van der Waals surface area contributed by atoms with Crippen LogP contribution >= 0.6 is 0 Å². The largest absolute Gasteiger partial charge is 0.352 e. The van der Waals surface area contributed by atoms with E-state index >= 15 is 0 Å². The van der Waals surface area contributed by atoms with Crippen LogP contribution in [0.25, 0.3) is 0 Å². The first-order valence-electron chi connectivity index (χ1n) is 5.71. The van der Waals surface area contributed by atoms with E-state index in [-0.39, 0.29) is 16.9 Å². The van der Waals surface area contributed by atoms with Gasteiger partial charge in [-0.2, -0.15) is 0 Å². The predicted octanol–water partition coefficient (Wildman–Crippen LogP) is 1.44. The van der Waals surface area contributed by atoms with Crippen LogP contribution in [0.1, 0.15) is 32.8 Å². The first-order chi connectivity index (χ1) is 7.79. The summed E-state index contributed by atoms with van der Waals surface area (Å²) in [5.41, 5.74) is 0.506. The lowest BCUT2D eigenvalue weighted by Gasteiger charge is -2.17. The number of nitrogens with zero attached hydrogens (tertiary/aromatic N) is 1. The molecule has 0 aromatic carbocycles. The van der Waals surface area contributed by atoms with Crippen molar-refractivity contribution in [2.24, 2.45) is 12.5 Å². The maximum Gasteiger partial charge on any atom is 0.255 e. The van der Waals surface area contributed by atoms with Gasteiger partial charge in [0.05, 0.1) is 0 Å². The Kier molecular flexibility index (Phi) is 4.10. The molecule has 0 aliphatic carbocycles. The van der Waals surface area contributed by atoms with Crippen molar-refractivity contribution in [2.45, 2.75) is 33.7 Å². The summed E-state index contributed by atoms with van der Waals surface area (Å²) in [7, 11) is 1.70. The highest BCUT2D eigenvalue weighted by Gasteiger charge is 2.15. The SMILES string of the molecule is Cn1cccc(CNC(=O)CC(C)(C)C)c1=O. The zero-order valence-corrected chi connectivity index (χ0v) is 10.9. The highest BCUT2D eigenvalue weighted by atomic mass is 16.1. The first kappa shape index (κ1) is 13.5. The Bertz CT molecular complexity index is 455. The van der Waals surface area contributed by atoms with Gasteiger partial charge in [-0.25, -0.2) is 0 Å². The Hall–Kier alpha value is -1.58. The van der Waals surface area contributed by atoms with Gasteiger partial charge in [-0.15, -0.1) is 0 Å². The number of aryl methyl sites for hydroxylation is 1. The Morgan fingerprint density at radius 3 is 2.65 bits per heavy atom. The molecule has 0 aliphatic rings. The Morgan fingerprint density at radius 1 is 1.41 bits per heavy atom. The van der Waals surface area contributed by atoms with Crippen molar-refractivity contribution in [1.29, 1.82) is 0 Å². The van der Waals surface area contributed by atoms with E-state index in [4.69, 9.17) is 0 Å². The molecule has 0 aliphatic heterocycles. The Morgan fingerprint density at radius 2 is 2.06 bits per heavy atom. The molecule has 1 N–H and O–H groups in total. The van der Waals surface area contributed by atoms with Gasteiger partial charge in [0.2, 0.25) is 5.91 Å². The maximum atomic E-state index is 11.7. The zero-order chi connectivity index (χ0) is 13.1. The van der Waals surface area contributed by atoms with Crippen molar-refractivity contribution < 1.29 is 4.79 Å². The zero-order valence-electron chi connectivity index (χ0n) is 10.9. The number of amides is 1. The fourth-order valence-electron chi connectivity index (χ4n) is 1.53. The van der Waals surface area contributed by atoms with Crippen molar-refractivity contribution >= 4 is 5.91 Å². The maximum absolute atomic E-state index is 11.7. The van der Waals surface area contributed by atoms with Gasteiger partial charge in [-0.05, 0) is 11.5 Å². The second-order valence-corrected chi connectivity index (χ2v) is 5.46. The monoisotopic (exact) mass is 236 g/mol. The second-order valence-electron chi connectivity index (χ2n) is 5.46. The number of rotatable bonds is 3. The minimum Gasteiger partial charge on any atom is -0.352 e. The summed E-state index contributed by atoms with van der Waals surface area (Å²) >= 11 is 0. The molecule has 4 heteroatoms. The fourth-order valence-corrected chi connectivity index (χ4v) is 1.53. The average Bonchev–Trinajstić information content (AvgIpc) is 2.18. The van der Waals surface area contributed by atoms with Crippen molar-refractivity contribution in [3.05, 3.63) is 34.2 Å². The highest BCUT2D eigenvalue weighted by molar-refractivity contribution is 5.76. The molecule has 0 spiro atoms. The summed E-state index contributed by atoms with van der Waals surface area (Å²) in [6, 6.07) is 3.53. The van der Waals surface area contributed by atoms with E-state index in [1.807, 2.05) is 20.8 Å². The highest BCUT2D eigenvalue weighted by Crippen LogP contribution is 2.17. The molecule has 17 heavy (non-hydrogen) atoms. The van der Waals surface area contributed by atoms with Gasteiger partial charge >= 0.3 is 0 Å². The molecule has 1 aromatic heterocycles. The van der Waals surface area contributed by atoms with Crippen LogP contribution in [0.15, 0.2) is 23.1 Å². The normalized spacial score (nSPS) is 11.3. The molecular weight excluding hydrogens is 216 g/mol. The van der Waals surface area contributed by atoms with Gasteiger partial charge in [0, 0.05) is 31.8 Å². The van der Waals surface area contributed by atoms with E-state index in [2.05, 4.69) is 5.32 Å². The van der Waals surface area contributed by atoms with Crippen LogP contribution in [0.5, 0.6) is 0 Å². The third-order valence-corrected chi connectivity index (χ3v) is 2.37. The smallest absolute Gasteiger partial charge is 0.255 e. The summed E-state index contributed by atoms with van der Waals surface area (Å²) in [6.07, 6.45) is 2.16. The van der Waals surface area contributed by atoms with E-state index in [1.54, 1.807) is 25.4 Å². The van der Waals surface area contributed by atoms with Crippen LogP contribution in [-0.2, 0) is 18.4 Å². The predicted molar refractivity (Wildman–Crippen MR) is 67.6 cm³/mol. The van der Waals surface area contributed by atoms with E-state index in [0.717, 1.165) is 0 Å². The van der Waals surface area contributed by atoms with Crippen molar-refractivity contribution in [1.82, 2.24) is 9.88 Å². The van der Waals surface area contributed by atoms with Crippen LogP contribution in [0.4, 0.5) is 0 Å². The molecule has 0 bridgehead atoms. The average molecular weight is 236 g/mol. The number of carbonyl (C=O) groups excluding carboxylic acids is 1. The summed E-state index contributed by atoms with van der Waals surface area (Å²) < 4.78 is 1.51. The van der Waals surface area contributed by atoms with Gasteiger partial charge in [0.1, 0.15) is 0 Å². The van der Waals surface area contributed by atoms with Crippen molar-refractivity contribution in [2.75, 3.05) is 0 Å². The molecule has 4 nitrogen and oxygen atoms in total. The van der Waals surface area contributed by atoms with Gasteiger partial charge in [0.25, 0.3) is 5.56 Å². The molecular formula is C13H20N2O2. The number of nitrogens with one attached hydrogen (secondary N) is 1. The fraction of sp³-hybridized carbons (Fsp3) is 0.538. The van der Waals surface area contributed by atoms with Gasteiger partial charge < -0.3 is 9.88 Å². The van der Waals surface area contributed by atoms with Crippen LogP contribution < -0.4 is 10.9 Å². The molecule has 94 valence electrons. The first-order valence-corrected chi connectivity index (χ1v) is 5.71. The summed E-state index contributed by atoms with van der Waals surface area (Å²) in [6.45, 7) is 6.32. The molecule has 0 saturated heterocycles. The quantitative estimate of drug-likeness (QED) is 0.863. The van der Waals surface area contributed by atoms with Gasteiger partial charge in [0.15, 0.2) is 0 Å². The topological polar surface area (TPSA) is 51.1 Å². The Balaban J connectivity index is 2.60. The Labute approximate surface area is 102 Å². The molecule has 1 aromatic rings. The summed E-state index contributed by atoms with van der Waals surface area (Å²) in [5.74, 6) is -0.0246. The number of pyridine rings is 1. The standard InChI is InChI=1S/C13H20N2O2/c1-13(2,3)8-11(16)14-9-10-6-5-7-15(4)12(10)17/h5-7H,8-9H2,1-4H3,(H,14,16). The lowest BCUT2D eigenvalue weighted by atomic mass is 9.92. The minimum absolute atomic E-state index is 0.0246. The van der Waals surface area contributed by atoms with E-state index < -0.39 is 0 Å². The van der Waals surface area contributed by atoms with Gasteiger partial charge in [-0.1, -0.05) is 26.8 Å². The molecule has 1 heterocycles. The second kappa shape index (κ2) is 5.17. The number of hydrogen-bond acceptors (Lipinski definition) is 2. The summed E-state index contributed by atoms with van der Waals surface area (Å²) in [5, 5.41) is 2.77. The molecule has 0 saturated carbocycles. The number of aromatic nitrogens is 1. The molecule has 0 fully saturated rings. The molecule has 0 radical (unpaired) electrons. The van der Waals surface area contributed by atoms with Crippen LogP contribution in [0.2, 0.25) is 0 Å². The van der Waals surface area contributed by atoms with Crippen LogP contribution in [0, 0.1) is 5.41 Å². The van der Waals surface area contributed by atoms with Crippen LogP contribution in [-0.4, -0.2) is 10.5 Å². The van der Waals surface area contributed by atoms with Crippen molar-refractivity contribution in [3.63, 3.8) is 0 Å². The number of carbonyl (C=O) groups is 1. The minimum atomic E-state index is -0.0661. The van der Waals surface area contributed by atoms with Crippen LogP contribution in [0.3, 0.4) is 0 Å². The lowest BCUT2D eigenvalue weighted by Crippen LogP contribution is -2.30. The van der Waals surface area contributed by atoms with E-state index in [9.17, 15) is 9.59 Å². The summed E-state index contributed by atoms with van der Waals surface area (Å²) in [4.78, 5) is 23.3. The van der Waals surface area contributed by atoms with Crippen molar-refractivity contribution in [3.8, 4) is 0 Å². The third kappa shape index (κ3) is 4.43. The molecule has 0 atom stereocenters. The van der Waals surface area contributed by atoms with E-state index in [1.165, 1.54) is 4.57 Å². The number of hydrogen-bond donors (Lipinski definition) is 1.